The molecule has 0 unspecified atom stereocenters. The van der Waals surface area contributed by atoms with E-state index in [1.165, 1.54) is 0 Å². The Balaban J connectivity index is 3.50. The van der Waals surface area contributed by atoms with Crippen LogP contribution in [0.5, 0.6) is 0 Å². The van der Waals surface area contributed by atoms with Crippen LogP contribution in [0.15, 0.2) is 10.6 Å². The van der Waals surface area contributed by atoms with Crippen LogP contribution in [0, 0.1) is 0 Å². The Bertz CT molecular complexity index is 75.6. The summed E-state index contributed by atoms with van der Waals surface area (Å²) >= 11 is 2.97. The van der Waals surface area contributed by atoms with E-state index in [1.807, 2.05) is 0 Å². The molecule has 0 rings (SSSR count). The van der Waals surface area contributed by atoms with Crippen molar-refractivity contribution in [3.05, 3.63) is 10.6 Å². The lowest BCUT2D eigenvalue weighted by molar-refractivity contribution is -0.104. The molecular formula is C4H5BrO. The highest BCUT2D eigenvalue weighted by Crippen LogP contribution is 1.96. The van der Waals surface area contributed by atoms with Crippen LogP contribution in [0.1, 0.15) is 6.92 Å². The van der Waals surface area contributed by atoms with Crippen molar-refractivity contribution in [1.29, 1.82) is 0 Å². The molecule has 0 aliphatic carbocycles. The van der Waals surface area contributed by atoms with Crippen LogP contribution >= 0.6 is 15.9 Å². The highest BCUT2D eigenvalue weighted by Gasteiger charge is 1.75. The van der Waals surface area contributed by atoms with Crippen molar-refractivity contribution in [2.45, 2.75) is 6.92 Å². The van der Waals surface area contributed by atoms with Gasteiger partial charge in [-0.1, -0.05) is 6.08 Å². The number of halogens is 1. The molecule has 0 aliphatic heterocycles. The van der Waals surface area contributed by atoms with E-state index in [0.717, 1.165) is 6.29 Å². The lowest BCUT2D eigenvalue weighted by Gasteiger charge is -1.70. The summed E-state index contributed by atoms with van der Waals surface area (Å²) in [4.78, 5) is 9.62. The monoisotopic (exact) mass is 148 g/mol. The van der Waals surface area contributed by atoms with E-state index in [4.69, 9.17) is 0 Å². The van der Waals surface area contributed by atoms with Crippen LogP contribution < -0.4 is 0 Å². The largest absolute Gasteiger partial charge is 0.297 e. The van der Waals surface area contributed by atoms with E-state index in [0.29, 0.717) is 4.48 Å². The van der Waals surface area contributed by atoms with Gasteiger partial charge < -0.3 is 0 Å². The van der Waals surface area contributed by atoms with Gasteiger partial charge in [0.1, 0.15) is 0 Å². The maximum atomic E-state index is 9.62. The molecule has 6 heavy (non-hydrogen) atoms. The molecule has 0 fully saturated rings. The molecule has 1 nitrogen and oxygen atoms in total. The van der Waals surface area contributed by atoms with Crippen LogP contribution in [0.4, 0.5) is 0 Å². The van der Waals surface area contributed by atoms with Crippen molar-refractivity contribution in [1.82, 2.24) is 0 Å². The predicted molar refractivity (Wildman–Crippen MR) is 28.7 cm³/mol. The molecule has 0 aliphatic rings. The van der Waals surface area contributed by atoms with E-state index >= 15 is 0 Å². The van der Waals surface area contributed by atoms with Crippen molar-refractivity contribution in [3.8, 4) is 0 Å². The number of carbonyl (C=O) groups is 1. The smallest absolute Gasteiger partial charge is 0.156 e. The Morgan fingerprint density at radius 2 is 2.33 bits per heavy atom. The average Bonchev–Trinajstić information content (AvgIpc) is 1.65. The minimum absolute atomic E-state index is 0.600. The quantitative estimate of drug-likeness (QED) is 0.407. The highest BCUT2D eigenvalue weighted by atomic mass is 79.9. The van der Waals surface area contributed by atoms with Gasteiger partial charge in [0.05, 0.1) is 4.48 Å². The summed E-state index contributed by atoms with van der Waals surface area (Å²) in [5, 5.41) is 0. The first kappa shape index (κ1) is 5.89. The molecule has 0 atom stereocenters. The van der Waals surface area contributed by atoms with Gasteiger partial charge in [-0.3, -0.25) is 4.79 Å². The standard InChI is InChI=1S/C4H5BrO/c1-2-4(5)3-6/h2-3H,1H3/b4-2+. The van der Waals surface area contributed by atoms with Crippen molar-refractivity contribution in [3.63, 3.8) is 0 Å². The normalized spacial score (nSPS) is 11.3. The Kier molecular flexibility index (Phi) is 3.04. The van der Waals surface area contributed by atoms with Gasteiger partial charge in [0.2, 0.25) is 0 Å². The van der Waals surface area contributed by atoms with Gasteiger partial charge in [0, 0.05) is 0 Å². The highest BCUT2D eigenvalue weighted by molar-refractivity contribution is 9.12. The van der Waals surface area contributed by atoms with Gasteiger partial charge in [0.15, 0.2) is 6.29 Å². The molecular weight excluding hydrogens is 144 g/mol. The maximum absolute atomic E-state index is 9.62. The summed E-state index contributed by atoms with van der Waals surface area (Å²) in [5.41, 5.74) is 0. The molecule has 0 aromatic carbocycles. The zero-order valence-electron chi connectivity index (χ0n) is 3.44. The Morgan fingerprint density at radius 1 is 1.83 bits per heavy atom. The Morgan fingerprint density at radius 3 is 2.33 bits per heavy atom. The van der Waals surface area contributed by atoms with E-state index in [2.05, 4.69) is 15.9 Å². The molecule has 0 saturated carbocycles. The summed E-state index contributed by atoms with van der Waals surface area (Å²) < 4.78 is 0.600. The topological polar surface area (TPSA) is 17.1 Å². The first-order valence-corrected chi connectivity index (χ1v) is 2.37. The van der Waals surface area contributed by atoms with E-state index < -0.39 is 0 Å². The second-order valence-corrected chi connectivity index (χ2v) is 1.71. The lowest BCUT2D eigenvalue weighted by Crippen LogP contribution is -1.63. The van der Waals surface area contributed by atoms with Crippen LogP contribution in [0.25, 0.3) is 0 Å². The van der Waals surface area contributed by atoms with E-state index in [1.54, 1.807) is 13.0 Å². The number of allylic oxidation sites excluding steroid dienone is 2. The third-order valence-corrected chi connectivity index (χ3v) is 1.03. The first-order chi connectivity index (χ1) is 2.81. The van der Waals surface area contributed by atoms with Gasteiger partial charge in [0.25, 0.3) is 0 Å². The van der Waals surface area contributed by atoms with Crippen molar-refractivity contribution < 1.29 is 4.79 Å². The zero-order valence-corrected chi connectivity index (χ0v) is 5.03. The second-order valence-electron chi connectivity index (χ2n) is 0.791. The van der Waals surface area contributed by atoms with E-state index in [-0.39, 0.29) is 0 Å². The molecule has 0 saturated heterocycles. The number of carbonyl (C=O) groups excluding carboxylic acids is 1. The fourth-order valence-corrected chi connectivity index (χ4v) is 0.0680. The fraction of sp³-hybridized carbons (Fsp3) is 0.250. The van der Waals surface area contributed by atoms with Crippen molar-refractivity contribution in [2.75, 3.05) is 0 Å². The molecule has 34 valence electrons. The molecule has 0 N–H and O–H groups in total. The SMILES string of the molecule is C/C=C(/Br)C=O. The number of hydrogen-bond donors (Lipinski definition) is 0. The van der Waals surface area contributed by atoms with Crippen LogP contribution in [0.2, 0.25) is 0 Å². The summed E-state index contributed by atoms with van der Waals surface area (Å²) in [6, 6.07) is 0. The Labute approximate surface area is 45.2 Å². The van der Waals surface area contributed by atoms with Gasteiger partial charge in [-0.25, -0.2) is 0 Å². The third kappa shape index (κ3) is 2.15. The summed E-state index contributed by atoms with van der Waals surface area (Å²) in [5.74, 6) is 0. The van der Waals surface area contributed by atoms with Crippen molar-refractivity contribution >= 4 is 22.2 Å². The minimum atomic E-state index is 0.600. The van der Waals surface area contributed by atoms with Gasteiger partial charge in [-0.15, -0.1) is 0 Å². The second kappa shape index (κ2) is 3.09. The molecule has 2 heteroatoms. The molecule has 0 aromatic rings. The average molecular weight is 149 g/mol. The number of hydrogen-bond acceptors (Lipinski definition) is 1. The molecule has 0 spiro atoms. The van der Waals surface area contributed by atoms with Gasteiger partial charge in [-0.2, -0.15) is 0 Å². The van der Waals surface area contributed by atoms with Crippen LogP contribution in [0.3, 0.4) is 0 Å². The predicted octanol–water partition coefficient (Wildman–Crippen LogP) is 1.48. The van der Waals surface area contributed by atoms with E-state index in [9.17, 15) is 4.79 Å². The molecule has 0 radical (unpaired) electrons. The maximum Gasteiger partial charge on any atom is 0.156 e. The van der Waals surface area contributed by atoms with Crippen molar-refractivity contribution in [2.24, 2.45) is 0 Å². The number of rotatable bonds is 1. The van der Waals surface area contributed by atoms with Crippen LogP contribution in [-0.4, -0.2) is 6.29 Å². The third-order valence-electron chi connectivity index (χ3n) is 0.388. The molecule has 0 bridgehead atoms. The summed E-state index contributed by atoms with van der Waals surface area (Å²) in [6.45, 7) is 1.79. The lowest BCUT2D eigenvalue weighted by atomic mass is 10.6. The van der Waals surface area contributed by atoms with Gasteiger partial charge in [-0.05, 0) is 22.9 Å². The molecule has 0 heterocycles. The Hall–Kier alpha value is -0.110. The summed E-state index contributed by atoms with van der Waals surface area (Å²) in [7, 11) is 0. The zero-order chi connectivity index (χ0) is 4.99. The molecule has 0 amide bonds. The first-order valence-electron chi connectivity index (χ1n) is 1.58. The molecule has 0 aromatic heterocycles. The van der Waals surface area contributed by atoms with Gasteiger partial charge >= 0.3 is 0 Å². The fourth-order valence-electron chi connectivity index (χ4n) is 0.0680. The van der Waals surface area contributed by atoms with Crippen LogP contribution in [-0.2, 0) is 4.79 Å². The minimum Gasteiger partial charge on any atom is -0.297 e. The number of aldehydes is 1. The summed E-state index contributed by atoms with van der Waals surface area (Å²) in [6.07, 6.45) is 2.44.